The molecule has 2 N–H and O–H groups in total. The Morgan fingerprint density at radius 1 is 1.14 bits per heavy atom. The molecule has 1 aromatic carbocycles. The molecule has 1 fully saturated rings. The fourth-order valence-corrected chi connectivity index (χ4v) is 3.52. The van der Waals surface area contributed by atoms with Gasteiger partial charge < -0.3 is 10.6 Å². The summed E-state index contributed by atoms with van der Waals surface area (Å²) < 4.78 is 0. The molecule has 0 atom stereocenters. The first-order chi connectivity index (χ1) is 10.1. The molecule has 1 amide bonds. The molecule has 0 spiro atoms. The number of nitrogens with zero attached hydrogens (tertiary/aromatic N) is 2. The maximum absolute atomic E-state index is 12.7. The standard InChI is InChI=1S/C16H21N3OS/c17-15(21)11-18-5-7-19(8-6-18)16(20)14-9-12-3-1-2-4-13(12)10-14/h1-4,14H,5-11H2,(H2,17,21). The van der Waals surface area contributed by atoms with Crippen LogP contribution < -0.4 is 5.73 Å². The van der Waals surface area contributed by atoms with E-state index in [9.17, 15) is 4.79 Å². The molecule has 3 rings (SSSR count). The molecule has 1 saturated heterocycles. The number of carbonyl (C=O) groups is 1. The van der Waals surface area contributed by atoms with E-state index in [4.69, 9.17) is 18.0 Å². The van der Waals surface area contributed by atoms with Crippen molar-refractivity contribution >= 4 is 23.1 Å². The number of rotatable bonds is 3. The first kappa shape index (κ1) is 14.5. The van der Waals surface area contributed by atoms with Crippen molar-refractivity contribution < 1.29 is 4.79 Å². The predicted molar refractivity (Wildman–Crippen MR) is 87.1 cm³/mol. The Bertz CT molecular complexity index is 527. The lowest BCUT2D eigenvalue weighted by atomic mass is 10.0. The molecule has 2 aliphatic rings. The molecule has 1 heterocycles. The summed E-state index contributed by atoms with van der Waals surface area (Å²) in [4.78, 5) is 17.4. The molecule has 0 aromatic heterocycles. The van der Waals surface area contributed by atoms with Crippen LogP contribution in [-0.2, 0) is 17.6 Å². The Hall–Kier alpha value is -1.46. The monoisotopic (exact) mass is 303 g/mol. The molecule has 21 heavy (non-hydrogen) atoms. The Kier molecular flexibility index (Phi) is 4.22. The molecule has 112 valence electrons. The van der Waals surface area contributed by atoms with Gasteiger partial charge in [-0.25, -0.2) is 0 Å². The number of nitrogens with two attached hydrogens (primary N) is 1. The van der Waals surface area contributed by atoms with Crippen molar-refractivity contribution in [3.8, 4) is 0 Å². The molecule has 0 unspecified atom stereocenters. The number of piperazine rings is 1. The number of hydrogen-bond acceptors (Lipinski definition) is 3. The summed E-state index contributed by atoms with van der Waals surface area (Å²) in [5.74, 6) is 0.436. The lowest BCUT2D eigenvalue weighted by Gasteiger charge is -2.35. The van der Waals surface area contributed by atoms with Crippen LogP contribution >= 0.6 is 12.2 Å². The fraction of sp³-hybridized carbons (Fsp3) is 0.500. The first-order valence-electron chi connectivity index (χ1n) is 7.49. The zero-order chi connectivity index (χ0) is 14.8. The molecule has 0 bridgehead atoms. The van der Waals surface area contributed by atoms with Gasteiger partial charge in [0.15, 0.2) is 0 Å². The third-order valence-electron chi connectivity index (χ3n) is 4.46. The van der Waals surface area contributed by atoms with Crippen LogP contribution in [-0.4, -0.2) is 53.4 Å². The van der Waals surface area contributed by atoms with Gasteiger partial charge in [-0.3, -0.25) is 9.69 Å². The largest absolute Gasteiger partial charge is 0.392 e. The van der Waals surface area contributed by atoms with Crippen LogP contribution in [0.3, 0.4) is 0 Å². The average Bonchev–Trinajstić information content (AvgIpc) is 2.90. The van der Waals surface area contributed by atoms with E-state index < -0.39 is 0 Å². The van der Waals surface area contributed by atoms with Gasteiger partial charge in [0.1, 0.15) is 0 Å². The molecule has 1 aliphatic heterocycles. The van der Waals surface area contributed by atoms with Gasteiger partial charge in [-0.1, -0.05) is 36.5 Å². The van der Waals surface area contributed by atoms with Gasteiger partial charge in [0, 0.05) is 38.6 Å². The van der Waals surface area contributed by atoms with E-state index in [0.717, 1.165) is 39.0 Å². The van der Waals surface area contributed by atoms with E-state index in [0.29, 0.717) is 17.4 Å². The van der Waals surface area contributed by atoms with Crippen molar-refractivity contribution in [2.45, 2.75) is 12.8 Å². The Morgan fingerprint density at radius 2 is 1.71 bits per heavy atom. The maximum atomic E-state index is 12.7. The number of carbonyl (C=O) groups excluding carboxylic acids is 1. The second kappa shape index (κ2) is 6.12. The predicted octanol–water partition coefficient (Wildman–Crippen LogP) is 0.832. The number of thiocarbonyl (C=S) groups is 1. The minimum Gasteiger partial charge on any atom is -0.392 e. The van der Waals surface area contributed by atoms with Crippen LogP contribution in [0.1, 0.15) is 11.1 Å². The van der Waals surface area contributed by atoms with E-state index in [-0.39, 0.29) is 5.92 Å². The topological polar surface area (TPSA) is 49.6 Å². The van der Waals surface area contributed by atoms with Crippen LogP contribution in [0, 0.1) is 5.92 Å². The number of fused-ring (bicyclic) bond motifs is 1. The Labute approximate surface area is 130 Å². The third kappa shape index (κ3) is 3.24. The van der Waals surface area contributed by atoms with Crippen LogP contribution in [0.5, 0.6) is 0 Å². The fourth-order valence-electron chi connectivity index (χ4n) is 3.34. The van der Waals surface area contributed by atoms with E-state index in [1.165, 1.54) is 11.1 Å². The summed E-state index contributed by atoms with van der Waals surface area (Å²) in [6.07, 6.45) is 1.78. The van der Waals surface area contributed by atoms with Gasteiger partial charge in [-0.15, -0.1) is 0 Å². The average molecular weight is 303 g/mol. The molecule has 5 heteroatoms. The van der Waals surface area contributed by atoms with Gasteiger partial charge in [0.05, 0.1) is 4.99 Å². The second-order valence-corrected chi connectivity index (χ2v) is 6.47. The van der Waals surface area contributed by atoms with Crippen molar-refractivity contribution in [1.29, 1.82) is 0 Å². The minimum absolute atomic E-state index is 0.129. The number of benzene rings is 1. The first-order valence-corrected chi connectivity index (χ1v) is 7.90. The van der Waals surface area contributed by atoms with E-state index in [1.54, 1.807) is 0 Å². The normalized spacial score (nSPS) is 19.5. The van der Waals surface area contributed by atoms with Crippen molar-refractivity contribution in [1.82, 2.24) is 9.80 Å². The number of hydrogen-bond donors (Lipinski definition) is 1. The summed E-state index contributed by atoms with van der Waals surface area (Å²) in [5, 5.41) is 0. The van der Waals surface area contributed by atoms with E-state index in [1.807, 2.05) is 4.90 Å². The van der Waals surface area contributed by atoms with Crippen molar-refractivity contribution in [3.05, 3.63) is 35.4 Å². The highest BCUT2D eigenvalue weighted by molar-refractivity contribution is 7.80. The van der Waals surface area contributed by atoms with Gasteiger partial charge in [0.25, 0.3) is 0 Å². The van der Waals surface area contributed by atoms with Gasteiger partial charge in [0.2, 0.25) is 5.91 Å². The molecular weight excluding hydrogens is 282 g/mol. The second-order valence-electron chi connectivity index (χ2n) is 5.94. The molecule has 1 aromatic rings. The SMILES string of the molecule is NC(=S)CN1CCN(C(=O)C2Cc3ccccc3C2)CC1. The summed E-state index contributed by atoms with van der Waals surface area (Å²) in [7, 11) is 0. The van der Waals surface area contributed by atoms with Crippen LogP contribution in [0.4, 0.5) is 0 Å². The molecule has 0 radical (unpaired) electrons. The highest BCUT2D eigenvalue weighted by Gasteiger charge is 2.31. The summed E-state index contributed by atoms with van der Waals surface area (Å²) in [6.45, 7) is 3.96. The summed E-state index contributed by atoms with van der Waals surface area (Å²) in [5.41, 5.74) is 8.25. The maximum Gasteiger partial charge on any atom is 0.226 e. The molecular formula is C16H21N3OS. The Balaban J connectivity index is 1.55. The minimum atomic E-state index is 0.129. The molecule has 4 nitrogen and oxygen atoms in total. The van der Waals surface area contributed by atoms with Crippen LogP contribution in [0.25, 0.3) is 0 Å². The van der Waals surface area contributed by atoms with E-state index in [2.05, 4.69) is 29.2 Å². The number of amides is 1. The smallest absolute Gasteiger partial charge is 0.226 e. The van der Waals surface area contributed by atoms with Crippen molar-refractivity contribution in [2.75, 3.05) is 32.7 Å². The van der Waals surface area contributed by atoms with E-state index >= 15 is 0 Å². The molecule has 0 saturated carbocycles. The lowest BCUT2D eigenvalue weighted by Crippen LogP contribution is -2.51. The molecule has 1 aliphatic carbocycles. The van der Waals surface area contributed by atoms with Crippen molar-refractivity contribution in [2.24, 2.45) is 11.7 Å². The van der Waals surface area contributed by atoms with Gasteiger partial charge in [-0.2, -0.15) is 0 Å². The third-order valence-corrected chi connectivity index (χ3v) is 4.59. The zero-order valence-corrected chi connectivity index (χ0v) is 12.9. The van der Waals surface area contributed by atoms with Crippen LogP contribution in [0.2, 0.25) is 0 Å². The summed E-state index contributed by atoms with van der Waals surface area (Å²) in [6, 6.07) is 8.39. The van der Waals surface area contributed by atoms with Crippen LogP contribution in [0.15, 0.2) is 24.3 Å². The zero-order valence-electron chi connectivity index (χ0n) is 12.1. The summed E-state index contributed by atoms with van der Waals surface area (Å²) >= 11 is 4.94. The quantitative estimate of drug-likeness (QED) is 0.841. The van der Waals surface area contributed by atoms with Gasteiger partial charge in [-0.05, 0) is 24.0 Å². The Morgan fingerprint density at radius 3 is 2.24 bits per heavy atom. The van der Waals surface area contributed by atoms with Gasteiger partial charge >= 0.3 is 0 Å². The van der Waals surface area contributed by atoms with Crippen molar-refractivity contribution in [3.63, 3.8) is 0 Å². The highest BCUT2D eigenvalue weighted by atomic mass is 32.1. The highest BCUT2D eigenvalue weighted by Crippen LogP contribution is 2.28. The lowest BCUT2D eigenvalue weighted by molar-refractivity contribution is -0.136.